The zero-order valence-corrected chi connectivity index (χ0v) is 16.1. The van der Waals surface area contributed by atoms with Gasteiger partial charge in [-0.15, -0.1) is 0 Å². The number of urea groups is 1. The van der Waals surface area contributed by atoms with E-state index in [0.717, 1.165) is 23.0 Å². The summed E-state index contributed by atoms with van der Waals surface area (Å²) in [5.74, 6) is -1.22. The van der Waals surface area contributed by atoms with E-state index in [-0.39, 0.29) is 23.3 Å². The van der Waals surface area contributed by atoms with Crippen molar-refractivity contribution in [2.75, 3.05) is 11.9 Å². The highest BCUT2D eigenvalue weighted by molar-refractivity contribution is 9.10. The summed E-state index contributed by atoms with van der Waals surface area (Å²) in [4.78, 5) is 18.5. The molecule has 9 heteroatoms. The molecule has 6 nitrogen and oxygen atoms in total. The average molecular weight is 449 g/mol. The predicted molar refractivity (Wildman–Crippen MR) is 101 cm³/mol. The van der Waals surface area contributed by atoms with Crippen molar-refractivity contribution in [3.63, 3.8) is 0 Å². The lowest BCUT2D eigenvalue weighted by molar-refractivity contribution is 0.193. The van der Waals surface area contributed by atoms with Gasteiger partial charge in [-0.2, -0.15) is 4.98 Å². The molecule has 1 aromatic heterocycles. The van der Waals surface area contributed by atoms with Crippen molar-refractivity contribution >= 4 is 27.6 Å². The Morgan fingerprint density at radius 3 is 2.89 bits per heavy atom. The van der Waals surface area contributed by atoms with Gasteiger partial charge in [0.1, 0.15) is 17.7 Å². The SMILES string of the molecule is O=C(Nc1cccc(Br)c1)N1CCCC1c1nc(-c2ccc(F)cc2F)no1. The number of nitrogens with one attached hydrogen (secondary N) is 1. The number of amides is 2. The van der Waals surface area contributed by atoms with Gasteiger partial charge in [-0.1, -0.05) is 27.2 Å². The summed E-state index contributed by atoms with van der Waals surface area (Å²) in [6.45, 7) is 0.535. The molecule has 1 aliphatic heterocycles. The molecular weight excluding hydrogens is 434 g/mol. The summed E-state index contributed by atoms with van der Waals surface area (Å²) in [5, 5.41) is 6.64. The van der Waals surface area contributed by atoms with Gasteiger partial charge >= 0.3 is 6.03 Å². The van der Waals surface area contributed by atoms with Crippen molar-refractivity contribution in [3.05, 3.63) is 64.5 Å². The smallest absolute Gasteiger partial charge is 0.322 e. The Labute approximate surface area is 167 Å². The Morgan fingerprint density at radius 2 is 2.11 bits per heavy atom. The number of carbonyl (C=O) groups is 1. The number of anilines is 1. The monoisotopic (exact) mass is 448 g/mol. The zero-order valence-electron chi connectivity index (χ0n) is 14.5. The third-order valence-corrected chi connectivity index (χ3v) is 4.98. The van der Waals surface area contributed by atoms with Crippen LogP contribution < -0.4 is 5.32 Å². The highest BCUT2D eigenvalue weighted by Gasteiger charge is 2.34. The summed E-state index contributed by atoms with van der Waals surface area (Å²) in [6, 6.07) is 9.73. The Hall–Kier alpha value is -2.81. The van der Waals surface area contributed by atoms with Crippen LogP contribution in [0.2, 0.25) is 0 Å². The molecule has 28 heavy (non-hydrogen) atoms. The standard InChI is InChI=1S/C19H15BrF2N4O2/c20-11-3-1-4-13(9-11)23-19(27)26-8-2-5-16(26)18-24-17(25-28-18)14-7-6-12(21)10-15(14)22/h1,3-4,6-7,9-10,16H,2,5,8H2,(H,23,27). The number of carbonyl (C=O) groups excluding carboxylic acids is 1. The van der Waals surface area contributed by atoms with E-state index >= 15 is 0 Å². The van der Waals surface area contributed by atoms with Gasteiger partial charge in [0.15, 0.2) is 0 Å². The number of benzene rings is 2. The second-order valence-electron chi connectivity index (χ2n) is 6.37. The Balaban J connectivity index is 1.54. The van der Waals surface area contributed by atoms with Crippen molar-refractivity contribution in [1.29, 1.82) is 0 Å². The fraction of sp³-hybridized carbons (Fsp3) is 0.211. The van der Waals surface area contributed by atoms with Gasteiger partial charge in [-0.25, -0.2) is 13.6 Å². The molecule has 0 aliphatic carbocycles. The molecule has 2 aromatic carbocycles. The van der Waals surface area contributed by atoms with E-state index in [9.17, 15) is 13.6 Å². The summed E-state index contributed by atoms with van der Waals surface area (Å²) in [5.41, 5.74) is 0.698. The van der Waals surface area contributed by atoms with Crippen molar-refractivity contribution < 1.29 is 18.1 Å². The summed E-state index contributed by atoms with van der Waals surface area (Å²) in [6.07, 6.45) is 1.43. The van der Waals surface area contributed by atoms with Crippen molar-refractivity contribution in [2.45, 2.75) is 18.9 Å². The highest BCUT2D eigenvalue weighted by Crippen LogP contribution is 2.33. The van der Waals surface area contributed by atoms with E-state index in [1.807, 2.05) is 12.1 Å². The van der Waals surface area contributed by atoms with E-state index in [1.165, 1.54) is 6.07 Å². The normalized spacial score (nSPS) is 16.4. The second-order valence-corrected chi connectivity index (χ2v) is 7.29. The van der Waals surface area contributed by atoms with Gasteiger partial charge in [0.2, 0.25) is 11.7 Å². The molecule has 0 bridgehead atoms. The van der Waals surface area contributed by atoms with E-state index in [4.69, 9.17) is 4.52 Å². The number of hydrogen-bond donors (Lipinski definition) is 1. The third kappa shape index (κ3) is 3.75. The number of likely N-dealkylation sites (tertiary alicyclic amines) is 1. The van der Waals surface area contributed by atoms with Crippen LogP contribution in [0.3, 0.4) is 0 Å². The van der Waals surface area contributed by atoms with Crippen LogP contribution in [0.1, 0.15) is 24.8 Å². The van der Waals surface area contributed by atoms with Crippen LogP contribution >= 0.6 is 15.9 Å². The summed E-state index contributed by atoms with van der Waals surface area (Å²) in [7, 11) is 0. The molecule has 1 atom stereocenters. The molecular formula is C19H15BrF2N4O2. The third-order valence-electron chi connectivity index (χ3n) is 4.49. The topological polar surface area (TPSA) is 71.3 Å². The Morgan fingerprint density at radius 1 is 1.25 bits per heavy atom. The highest BCUT2D eigenvalue weighted by atomic mass is 79.9. The van der Waals surface area contributed by atoms with Crippen LogP contribution in [0.25, 0.3) is 11.4 Å². The van der Waals surface area contributed by atoms with E-state index in [2.05, 4.69) is 31.4 Å². The van der Waals surface area contributed by atoms with Gasteiger partial charge in [0.05, 0.1) is 5.56 Å². The number of aromatic nitrogens is 2. The predicted octanol–water partition coefficient (Wildman–Crippen LogP) is 5.15. The zero-order chi connectivity index (χ0) is 19.7. The van der Waals surface area contributed by atoms with E-state index in [1.54, 1.807) is 17.0 Å². The van der Waals surface area contributed by atoms with Crippen LogP contribution in [-0.2, 0) is 0 Å². The van der Waals surface area contributed by atoms with Gasteiger partial charge in [0.25, 0.3) is 0 Å². The minimum atomic E-state index is -0.775. The molecule has 2 heterocycles. The quantitative estimate of drug-likeness (QED) is 0.601. The number of rotatable bonds is 3. The number of hydrogen-bond acceptors (Lipinski definition) is 4. The molecule has 1 saturated heterocycles. The van der Waals surface area contributed by atoms with Gasteiger partial charge < -0.3 is 14.7 Å². The molecule has 0 radical (unpaired) electrons. The molecule has 0 spiro atoms. The molecule has 1 aliphatic rings. The van der Waals surface area contributed by atoms with Crippen molar-refractivity contribution in [1.82, 2.24) is 15.0 Å². The molecule has 1 N–H and O–H groups in total. The first kappa shape index (κ1) is 18.5. The van der Waals surface area contributed by atoms with E-state index < -0.39 is 17.7 Å². The minimum Gasteiger partial charge on any atom is -0.337 e. The number of nitrogens with zero attached hydrogens (tertiary/aromatic N) is 3. The Kier molecular flexibility index (Phi) is 5.08. The number of halogens is 3. The Bertz CT molecular complexity index is 1030. The average Bonchev–Trinajstić information content (AvgIpc) is 3.31. The molecule has 4 rings (SSSR count). The summed E-state index contributed by atoms with van der Waals surface area (Å²) >= 11 is 3.37. The fourth-order valence-electron chi connectivity index (χ4n) is 3.18. The lowest BCUT2D eigenvalue weighted by Crippen LogP contribution is -2.34. The molecule has 1 unspecified atom stereocenters. The summed E-state index contributed by atoms with van der Waals surface area (Å²) < 4.78 is 33.2. The van der Waals surface area contributed by atoms with Crippen LogP contribution in [0.4, 0.5) is 19.3 Å². The van der Waals surface area contributed by atoms with E-state index in [0.29, 0.717) is 18.7 Å². The van der Waals surface area contributed by atoms with Crippen LogP contribution in [0.5, 0.6) is 0 Å². The lowest BCUT2D eigenvalue weighted by Gasteiger charge is -2.22. The van der Waals surface area contributed by atoms with Gasteiger partial charge in [-0.05, 0) is 43.2 Å². The first-order chi connectivity index (χ1) is 13.5. The largest absolute Gasteiger partial charge is 0.337 e. The van der Waals surface area contributed by atoms with Crippen LogP contribution in [-0.4, -0.2) is 27.6 Å². The fourth-order valence-corrected chi connectivity index (χ4v) is 3.58. The molecule has 0 saturated carbocycles. The van der Waals surface area contributed by atoms with Crippen LogP contribution in [0.15, 0.2) is 51.5 Å². The van der Waals surface area contributed by atoms with Gasteiger partial charge in [0, 0.05) is 22.8 Å². The van der Waals surface area contributed by atoms with Crippen LogP contribution in [0, 0.1) is 11.6 Å². The maximum atomic E-state index is 14.0. The molecule has 1 fully saturated rings. The maximum absolute atomic E-state index is 14.0. The molecule has 2 amide bonds. The minimum absolute atomic E-state index is 0.0201. The maximum Gasteiger partial charge on any atom is 0.322 e. The van der Waals surface area contributed by atoms with Gasteiger partial charge in [-0.3, -0.25) is 0 Å². The second kappa shape index (κ2) is 7.67. The molecule has 3 aromatic rings. The van der Waals surface area contributed by atoms with Crippen molar-refractivity contribution in [2.24, 2.45) is 0 Å². The molecule has 144 valence electrons. The first-order valence-electron chi connectivity index (χ1n) is 8.63. The van der Waals surface area contributed by atoms with Crippen molar-refractivity contribution in [3.8, 4) is 11.4 Å². The lowest BCUT2D eigenvalue weighted by atomic mass is 10.2. The first-order valence-corrected chi connectivity index (χ1v) is 9.43.